The fourth-order valence-corrected chi connectivity index (χ4v) is 2.42. The normalized spacial score (nSPS) is 15.5. The highest BCUT2D eigenvalue weighted by Crippen LogP contribution is 2.40. The summed E-state index contributed by atoms with van der Waals surface area (Å²) in [5, 5.41) is 4.66. The highest BCUT2D eigenvalue weighted by atomic mass is 35.5. The average molecular weight is 325 g/mol. The molecule has 2 aromatic heterocycles. The van der Waals surface area contributed by atoms with E-state index in [1.807, 2.05) is 19.9 Å². The fourth-order valence-electron chi connectivity index (χ4n) is 2.42. The van der Waals surface area contributed by atoms with E-state index in [4.69, 9.17) is 10.3 Å². The topological polar surface area (TPSA) is 85.2 Å². The highest BCUT2D eigenvalue weighted by Gasteiger charge is 2.29. The van der Waals surface area contributed by atoms with Crippen molar-refractivity contribution in [2.24, 2.45) is 5.73 Å². The number of pyridine rings is 1. The van der Waals surface area contributed by atoms with Gasteiger partial charge in [0.05, 0.1) is 16.6 Å². The summed E-state index contributed by atoms with van der Waals surface area (Å²) < 4.78 is 5.27. The first-order chi connectivity index (χ1) is 10.0. The Morgan fingerprint density at radius 3 is 2.82 bits per heavy atom. The summed E-state index contributed by atoms with van der Waals surface area (Å²) in [6, 6.07) is 1.87. The van der Waals surface area contributed by atoms with Gasteiger partial charge in [-0.05, 0) is 32.8 Å². The summed E-state index contributed by atoms with van der Waals surface area (Å²) in [4.78, 5) is 18.9. The van der Waals surface area contributed by atoms with Crippen LogP contribution in [0.4, 0.5) is 0 Å². The largest absolute Gasteiger partial charge is 0.338 e. The molecule has 2 heterocycles. The lowest BCUT2D eigenvalue weighted by Gasteiger charge is -2.24. The Hall–Kier alpha value is -1.66. The molecule has 1 atom stereocenters. The molecule has 2 aromatic rings. The second-order valence-electron chi connectivity index (χ2n) is 5.82. The van der Waals surface area contributed by atoms with Gasteiger partial charge in [-0.25, -0.2) is 4.98 Å². The van der Waals surface area contributed by atoms with Crippen LogP contribution >= 0.6 is 12.4 Å². The van der Waals surface area contributed by atoms with Crippen LogP contribution in [-0.4, -0.2) is 40.6 Å². The molecule has 0 bridgehead atoms. The predicted molar refractivity (Wildman–Crippen MR) is 86.4 cm³/mol. The lowest BCUT2D eigenvalue weighted by Crippen LogP contribution is -2.39. The quantitative estimate of drug-likeness (QED) is 0.932. The van der Waals surface area contributed by atoms with E-state index in [9.17, 15) is 4.79 Å². The van der Waals surface area contributed by atoms with Crippen molar-refractivity contribution in [2.75, 3.05) is 13.6 Å². The van der Waals surface area contributed by atoms with E-state index in [0.717, 1.165) is 18.5 Å². The van der Waals surface area contributed by atoms with E-state index < -0.39 is 0 Å². The van der Waals surface area contributed by atoms with E-state index in [0.29, 0.717) is 34.8 Å². The SMILES string of the molecule is Cc1noc2nc(C3CC3)cc(C(=O)N(C)C(C)CN)c12.Cl. The molecule has 1 aliphatic carbocycles. The van der Waals surface area contributed by atoms with Crippen LogP contribution in [0.15, 0.2) is 10.6 Å². The second-order valence-corrected chi connectivity index (χ2v) is 5.82. The Morgan fingerprint density at radius 1 is 1.55 bits per heavy atom. The monoisotopic (exact) mass is 324 g/mol. The van der Waals surface area contributed by atoms with Gasteiger partial charge in [-0.1, -0.05) is 5.16 Å². The number of amides is 1. The van der Waals surface area contributed by atoms with Crippen LogP contribution in [0.25, 0.3) is 11.1 Å². The maximum atomic E-state index is 12.8. The number of hydrogen-bond donors (Lipinski definition) is 1. The number of carbonyl (C=O) groups excluding carboxylic acids is 1. The third-order valence-electron chi connectivity index (χ3n) is 4.19. The Kier molecular flexibility index (Phi) is 4.72. The third-order valence-corrected chi connectivity index (χ3v) is 4.19. The molecule has 3 rings (SSSR count). The molecule has 7 heteroatoms. The van der Waals surface area contributed by atoms with Crippen LogP contribution in [0.3, 0.4) is 0 Å². The first-order valence-electron chi connectivity index (χ1n) is 7.27. The molecule has 0 saturated heterocycles. The van der Waals surface area contributed by atoms with Gasteiger partial charge in [-0.15, -0.1) is 12.4 Å². The van der Waals surface area contributed by atoms with Crippen LogP contribution in [0.5, 0.6) is 0 Å². The summed E-state index contributed by atoms with van der Waals surface area (Å²) in [7, 11) is 1.77. The molecule has 2 N–H and O–H groups in total. The van der Waals surface area contributed by atoms with Gasteiger partial charge in [0, 0.05) is 31.2 Å². The molecule has 6 nitrogen and oxygen atoms in total. The van der Waals surface area contributed by atoms with Gasteiger partial charge < -0.3 is 15.2 Å². The number of hydrogen-bond acceptors (Lipinski definition) is 5. The second kappa shape index (κ2) is 6.22. The zero-order chi connectivity index (χ0) is 15.1. The van der Waals surface area contributed by atoms with Crippen molar-refractivity contribution < 1.29 is 9.32 Å². The van der Waals surface area contributed by atoms with Gasteiger partial charge in [0.2, 0.25) is 0 Å². The van der Waals surface area contributed by atoms with Crippen molar-refractivity contribution in [3.05, 3.63) is 23.0 Å². The summed E-state index contributed by atoms with van der Waals surface area (Å²) in [5.41, 5.74) is 8.35. The van der Waals surface area contributed by atoms with Crippen molar-refractivity contribution in [3.8, 4) is 0 Å². The van der Waals surface area contributed by atoms with Crippen LogP contribution < -0.4 is 5.73 Å². The van der Waals surface area contributed by atoms with Crippen molar-refractivity contribution in [3.63, 3.8) is 0 Å². The van der Waals surface area contributed by atoms with Gasteiger partial charge in [0.15, 0.2) is 0 Å². The van der Waals surface area contributed by atoms with Crippen molar-refractivity contribution in [1.29, 1.82) is 0 Å². The molecule has 0 radical (unpaired) electrons. The van der Waals surface area contributed by atoms with E-state index in [-0.39, 0.29) is 24.4 Å². The maximum Gasteiger partial charge on any atom is 0.259 e. The Morgan fingerprint density at radius 2 is 2.23 bits per heavy atom. The lowest BCUT2D eigenvalue weighted by molar-refractivity contribution is 0.0750. The van der Waals surface area contributed by atoms with Crippen LogP contribution in [0.1, 0.15) is 47.4 Å². The molecular weight excluding hydrogens is 304 g/mol. The molecule has 120 valence electrons. The Bertz CT molecular complexity index is 696. The molecular formula is C15H21ClN4O2. The number of likely N-dealkylation sites (N-methyl/N-ethyl adjacent to an activating group) is 1. The van der Waals surface area contributed by atoms with E-state index in [2.05, 4.69) is 10.1 Å². The molecule has 1 aliphatic rings. The summed E-state index contributed by atoms with van der Waals surface area (Å²) in [5.74, 6) is 0.386. The first-order valence-corrected chi connectivity index (χ1v) is 7.27. The van der Waals surface area contributed by atoms with E-state index >= 15 is 0 Å². The highest BCUT2D eigenvalue weighted by molar-refractivity contribution is 6.06. The number of nitrogens with zero attached hydrogens (tertiary/aromatic N) is 3. The van der Waals surface area contributed by atoms with Gasteiger partial charge in [-0.2, -0.15) is 0 Å². The molecule has 0 aliphatic heterocycles. The van der Waals surface area contributed by atoms with E-state index in [1.54, 1.807) is 11.9 Å². The molecule has 1 fully saturated rings. The number of halogens is 1. The average Bonchev–Trinajstić information content (AvgIpc) is 3.28. The Balaban J connectivity index is 0.00000176. The van der Waals surface area contributed by atoms with Crippen molar-refractivity contribution in [1.82, 2.24) is 15.0 Å². The predicted octanol–water partition coefficient (Wildman–Crippen LogP) is 2.25. The van der Waals surface area contributed by atoms with Gasteiger partial charge in [-0.3, -0.25) is 4.79 Å². The molecule has 1 amide bonds. The van der Waals surface area contributed by atoms with Gasteiger partial charge in [0.1, 0.15) is 0 Å². The van der Waals surface area contributed by atoms with Crippen LogP contribution in [0.2, 0.25) is 0 Å². The number of aromatic nitrogens is 2. The minimum absolute atomic E-state index is 0. The minimum Gasteiger partial charge on any atom is -0.338 e. The van der Waals surface area contributed by atoms with Crippen LogP contribution in [-0.2, 0) is 0 Å². The zero-order valence-corrected chi connectivity index (χ0v) is 13.8. The van der Waals surface area contributed by atoms with Crippen molar-refractivity contribution >= 4 is 29.4 Å². The van der Waals surface area contributed by atoms with Crippen molar-refractivity contribution in [2.45, 2.75) is 38.6 Å². The van der Waals surface area contributed by atoms with Gasteiger partial charge in [0.25, 0.3) is 11.6 Å². The van der Waals surface area contributed by atoms with Crippen LogP contribution in [0, 0.1) is 6.92 Å². The number of carbonyl (C=O) groups is 1. The molecule has 22 heavy (non-hydrogen) atoms. The minimum atomic E-state index is -0.0615. The molecule has 0 aromatic carbocycles. The van der Waals surface area contributed by atoms with Gasteiger partial charge >= 0.3 is 0 Å². The number of nitrogens with two attached hydrogens (primary N) is 1. The summed E-state index contributed by atoms with van der Waals surface area (Å²) >= 11 is 0. The lowest BCUT2D eigenvalue weighted by atomic mass is 10.1. The number of rotatable bonds is 4. The smallest absolute Gasteiger partial charge is 0.259 e. The molecule has 1 unspecified atom stereocenters. The standard InChI is InChI=1S/C15H20N4O2.ClH/c1-8(7-16)19(3)15(20)11-6-12(10-4-5-10)17-14-13(11)9(2)18-21-14;/h6,8,10H,4-5,7,16H2,1-3H3;1H. The van der Waals surface area contributed by atoms with E-state index in [1.165, 1.54) is 0 Å². The summed E-state index contributed by atoms with van der Waals surface area (Å²) in [6.07, 6.45) is 2.24. The number of aryl methyl sites for hydroxylation is 1. The first kappa shape index (κ1) is 16.7. The Labute approximate surface area is 135 Å². The number of fused-ring (bicyclic) bond motifs is 1. The third kappa shape index (κ3) is 2.80. The molecule has 1 saturated carbocycles. The summed E-state index contributed by atoms with van der Waals surface area (Å²) in [6.45, 7) is 4.18. The maximum absolute atomic E-state index is 12.8. The zero-order valence-electron chi connectivity index (χ0n) is 13.0. The fraction of sp³-hybridized carbons (Fsp3) is 0.533. The molecule has 0 spiro atoms.